The Kier molecular flexibility index (Phi) is 4.84. The molecule has 20 heavy (non-hydrogen) atoms. The van der Waals surface area contributed by atoms with Crippen molar-refractivity contribution in [2.45, 2.75) is 6.61 Å². The van der Waals surface area contributed by atoms with E-state index < -0.39 is 5.91 Å². The second-order valence-corrected chi connectivity index (χ2v) is 4.84. The van der Waals surface area contributed by atoms with Gasteiger partial charge in [0.1, 0.15) is 12.4 Å². The lowest BCUT2D eigenvalue weighted by Gasteiger charge is -2.11. The average molecular weight is 311 g/mol. The first-order valence-corrected chi connectivity index (χ1v) is 6.54. The van der Waals surface area contributed by atoms with Crippen molar-refractivity contribution in [1.29, 1.82) is 0 Å². The van der Waals surface area contributed by atoms with Crippen LogP contribution in [0, 0.1) is 0 Å². The second kappa shape index (κ2) is 6.61. The fourth-order valence-corrected chi connectivity index (χ4v) is 2.02. The van der Waals surface area contributed by atoms with Crippen molar-refractivity contribution in [3.63, 3.8) is 0 Å². The van der Waals surface area contributed by atoms with Gasteiger partial charge in [-0.25, -0.2) is 5.84 Å². The normalized spacial score (nSPS) is 10.2. The van der Waals surface area contributed by atoms with Crippen molar-refractivity contribution in [2.75, 3.05) is 0 Å². The zero-order chi connectivity index (χ0) is 14.5. The third-order valence-corrected chi connectivity index (χ3v) is 3.26. The molecule has 0 bridgehead atoms. The number of carbonyl (C=O) groups is 1. The van der Waals surface area contributed by atoms with Crippen LogP contribution in [0.2, 0.25) is 10.0 Å². The molecule has 0 aliphatic carbocycles. The first-order chi connectivity index (χ1) is 9.61. The van der Waals surface area contributed by atoms with E-state index in [0.29, 0.717) is 15.8 Å². The number of nitrogen functional groups attached to an aromatic ring is 1. The van der Waals surface area contributed by atoms with E-state index in [2.05, 4.69) is 5.43 Å². The molecule has 0 radical (unpaired) electrons. The molecule has 2 rings (SSSR count). The monoisotopic (exact) mass is 310 g/mol. The third kappa shape index (κ3) is 3.42. The summed E-state index contributed by atoms with van der Waals surface area (Å²) in [5, 5.41) is 1.03. The van der Waals surface area contributed by atoms with Gasteiger partial charge in [-0.15, -0.1) is 0 Å². The summed E-state index contributed by atoms with van der Waals surface area (Å²) in [4.78, 5) is 11.7. The summed E-state index contributed by atoms with van der Waals surface area (Å²) in [7, 11) is 0. The van der Waals surface area contributed by atoms with E-state index in [1.54, 1.807) is 18.2 Å². The number of hydrogen-bond donors (Lipinski definition) is 2. The molecule has 0 aliphatic rings. The van der Waals surface area contributed by atoms with E-state index >= 15 is 0 Å². The van der Waals surface area contributed by atoms with Crippen LogP contribution >= 0.6 is 23.2 Å². The van der Waals surface area contributed by atoms with E-state index in [-0.39, 0.29) is 12.2 Å². The van der Waals surface area contributed by atoms with E-state index in [9.17, 15) is 4.79 Å². The van der Waals surface area contributed by atoms with Gasteiger partial charge >= 0.3 is 0 Å². The molecule has 0 aliphatic heterocycles. The lowest BCUT2D eigenvalue weighted by molar-refractivity contribution is 0.0949. The van der Waals surface area contributed by atoms with Crippen LogP contribution in [0.25, 0.3) is 0 Å². The van der Waals surface area contributed by atoms with Gasteiger partial charge in [-0.2, -0.15) is 0 Å². The zero-order valence-corrected chi connectivity index (χ0v) is 11.9. The van der Waals surface area contributed by atoms with Crippen LogP contribution in [-0.4, -0.2) is 5.91 Å². The minimum atomic E-state index is -0.471. The highest BCUT2D eigenvalue weighted by Gasteiger charge is 2.12. The average Bonchev–Trinajstić information content (AvgIpc) is 2.46. The lowest BCUT2D eigenvalue weighted by Crippen LogP contribution is -2.30. The molecule has 0 fully saturated rings. The molecule has 0 saturated carbocycles. The number of halogens is 2. The summed E-state index contributed by atoms with van der Waals surface area (Å²) in [6.45, 7) is 0.242. The van der Waals surface area contributed by atoms with Crippen LogP contribution in [0.5, 0.6) is 5.75 Å². The second-order valence-electron chi connectivity index (χ2n) is 3.99. The van der Waals surface area contributed by atoms with Crippen LogP contribution in [0.3, 0.4) is 0 Å². The van der Waals surface area contributed by atoms with Gasteiger partial charge in [-0.05, 0) is 24.3 Å². The molecule has 3 N–H and O–H groups in total. The van der Waals surface area contributed by atoms with Gasteiger partial charge in [0.2, 0.25) is 0 Å². The van der Waals surface area contributed by atoms with Crippen molar-refractivity contribution in [3.8, 4) is 5.75 Å². The van der Waals surface area contributed by atoms with Crippen molar-refractivity contribution < 1.29 is 9.53 Å². The molecular formula is C14H12Cl2N2O2. The zero-order valence-electron chi connectivity index (χ0n) is 10.4. The molecule has 0 atom stereocenters. The first kappa shape index (κ1) is 14.7. The summed E-state index contributed by atoms with van der Waals surface area (Å²) in [6, 6.07) is 12.1. The highest BCUT2D eigenvalue weighted by molar-refractivity contribution is 6.31. The molecule has 104 valence electrons. The molecule has 4 nitrogen and oxygen atoms in total. The lowest BCUT2D eigenvalue weighted by atomic mass is 10.2. The van der Waals surface area contributed by atoms with Gasteiger partial charge in [0.15, 0.2) is 0 Å². The molecule has 0 saturated heterocycles. The van der Waals surface area contributed by atoms with Gasteiger partial charge in [0.05, 0.1) is 5.56 Å². The number of ether oxygens (including phenoxy) is 1. The predicted molar refractivity (Wildman–Crippen MR) is 78.9 cm³/mol. The predicted octanol–water partition coefficient (Wildman–Crippen LogP) is 3.18. The molecule has 2 aromatic rings. The maximum absolute atomic E-state index is 11.7. The maximum atomic E-state index is 11.7. The minimum Gasteiger partial charge on any atom is -0.488 e. The van der Waals surface area contributed by atoms with Crippen molar-refractivity contribution in [3.05, 3.63) is 63.6 Å². The van der Waals surface area contributed by atoms with E-state index in [4.69, 9.17) is 33.8 Å². The Hall–Kier alpha value is -1.75. The Balaban J connectivity index is 2.21. The molecule has 0 unspecified atom stereocenters. The quantitative estimate of drug-likeness (QED) is 0.518. The van der Waals surface area contributed by atoms with Gasteiger partial charge < -0.3 is 4.74 Å². The molecule has 0 aromatic heterocycles. The van der Waals surface area contributed by atoms with Gasteiger partial charge in [0.25, 0.3) is 5.91 Å². The minimum absolute atomic E-state index is 0.242. The highest BCUT2D eigenvalue weighted by atomic mass is 35.5. The molecule has 0 spiro atoms. The molecule has 2 aromatic carbocycles. The van der Waals surface area contributed by atoms with Crippen LogP contribution in [0.4, 0.5) is 0 Å². The van der Waals surface area contributed by atoms with Crippen LogP contribution in [-0.2, 0) is 6.61 Å². The van der Waals surface area contributed by atoms with Crippen molar-refractivity contribution in [1.82, 2.24) is 5.43 Å². The van der Waals surface area contributed by atoms with Gasteiger partial charge in [-0.1, -0.05) is 41.4 Å². The van der Waals surface area contributed by atoms with E-state index in [1.807, 2.05) is 18.2 Å². The number of amides is 1. The SMILES string of the molecule is NNC(=O)c1cc(Cl)ccc1OCc1ccccc1Cl. The summed E-state index contributed by atoms with van der Waals surface area (Å²) in [6.07, 6.45) is 0. The first-order valence-electron chi connectivity index (χ1n) is 5.78. The summed E-state index contributed by atoms with van der Waals surface area (Å²) < 4.78 is 5.62. The van der Waals surface area contributed by atoms with Crippen LogP contribution in [0.15, 0.2) is 42.5 Å². The number of hydrogen-bond acceptors (Lipinski definition) is 3. The maximum Gasteiger partial charge on any atom is 0.268 e. The molecule has 6 heteroatoms. The van der Waals surface area contributed by atoms with E-state index in [0.717, 1.165) is 5.56 Å². The smallest absolute Gasteiger partial charge is 0.268 e. The fraction of sp³-hybridized carbons (Fsp3) is 0.0714. The van der Waals surface area contributed by atoms with E-state index in [1.165, 1.54) is 6.07 Å². The largest absolute Gasteiger partial charge is 0.488 e. The van der Waals surface area contributed by atoms with Gasteiger partial charge in [0, 0.05) is 15.6 Å². The number of nitrogens with one attached hydrogen (secondary N) is 1. The third-order valence-electron chi connectivity index (χ3n) is 2.66. The van der Waals surface area contributed by atoms with Crippen LogP contribution < -0.4 is 16.0 Å². The molecule has 1 amide bonds. The summed E-state index contributed by atoms with van der Waals surface area (Å²) in [5.74, 6) is 5.05. The fourth-order valence-electron chi connectivity index (χ4n) is 1.65. The number of rotatable bonds is 4. The number of hydrazine groups is 1. The van der Waals surface area contributed by atoms with Crippen molar-refractivity contribution >= 4 is 29.1 Å². The Morgan fingerprint density at radius 3 is 2.65 bits per heavy atom. The Morgan fingerprint density at radius 2 is 1.95 bits per heavy atom. The Labute approximate surface area is 126 Å². The number of carbonyl (C=O) groups excluding carboxylic acids is 1. The van der Waals surface area contributed by atoms with Crippen LogP contribution in [0.1, 0.15) is 15.9 Å². The summed E-state index contributed by atoms with van der Waals surface area (Å²) >= 11 is 11.9. The number of benzene rings is 2. The topological polar surface area (TPSA) is 64.3 Å². The van der Waals surface area contributed by atoms with Gasteiger partial charge in [-0.3, -0.25) is 10.2 Å². The summed E-state index contributed by atoms with van der Waals surface area (Å²) in [5.41, 5.74) is 3.15. The number of nitrogens with two attached hydrogens (primary N) is 1. The Morgan fingerprint density at radius 1 is 1.20 bits per heavy atom. The van der Waals surface area contributed by atoms with Crippen molar-refractivity contribution in [2.24, 2.45) is 5.84 Å². The standard InChI is InChI=1S/C14H12Cl2N2O2/c15-10-5-6-13(11(7-10)14(19)18-17)20-8-9-3-1-2-4-12(9)16/h1-7H,8,17H2,(H,18,19). The highest BCUT2D eigenvalue weighted by Crippen LogP contribution is 2.25. The molecular weight excluding hydrogens is 299 g/mol. The molecule has 0 heterocycles. The Bertz CT molecular complexity index is 632.